The third-order valence-electron chi connectivity index (χ3n) is 5.02. The summed E-state index contributed by atoms with van der Waals surface area (Å²) >= 11 is 0. The number of carbonyl (C=O) groups excluding carboxylic acids is 3. The molecular weight excluding hydrogens is 350 g/mol. The zero-order valence-electron chi connectivity index (χ0n) is 15.3. The lowest BCUT2D eigenvalue weighted by Gasteiger charge is -2.22. The van der Waals surface area contributed by atoms with Crippen LogP contribution in [-0.2, 0) is 28.6 Å². The van der Waals surface area contributed by atoms with Crippen LogP contribution in [0, 0.1) is 11.8 Å². The zero-order valence-corrected chi connectivity index (χ0v) is 15.3. The van der Waals surface area contributed by atoms with Crippen LogP contribution in [0.3, 0.4) is 0 Å². The maximum atomic E-state index is 12.6. The van der Waals surface area contributed by atoms with Crippen LogP contribution in [0.15, 0.2) is 42.5 Å². The largest absolute Gasteiger partial charge is 0.469 e. The van der Waals surface area contributed by atoms with Crippen molar-refractivity contribution in [3.05, 3.63) is 48.0 Å². The first-order valence-corrected chi connectivity index (χ1v) is 8.50. The van der Waals surface area contributed by atoms with Crippen molar-refractivity contribution in [2.45, 2.75) is 12.1 Å². The van der Waals surface area contributed by atoms with Crippen molar-refractivity contribution in [1.29, 1.82) is 0 Å². The van der Waals surface area contributed by atoms with E-state index in [9.17, 15) is 14.4 Å². The number of esters is 3. The first-order chi connectivity index (χ1) is 13.0. The predicted molar refractivity (Wildman–Crippen MR) is 96.6 cm³/mol. The number of methoxy groups -OCH3 is 3. The number of hydrogen-bond donors (Lipinski definition) is 1. The van der Waals surface area contributed by atoms with Gasteiger partial charge in [0.15, 0.2) is 0 Å². The number of hydrogen-bond acceptors (Lipinski definition) is 7. The molecule has 1 aliphatic heterocycles. The third-order valence-corrected chi connectivity index (χ3v) is 5.02. The summed E-state index contributed by atoms with van der Waals surface area (Å²) in [7, 11) is 3.70. The molecule has 1 aliphatic rings. The number of carbonyl (C=O) groups is 3. The molecule has 1 fully saturated rings. The van der Waals surface area contributed by atoms with Crippen molar-refractivity contribution in [3.8, 4) is 0 Å². The molecule has 0 unspecified atom stereocenters. The van der Waals surface area contributed by atoms with Crippen molar-refractivity contribution < 1.29 is 28.6 Å². The van der Waals surface area contributed by atoms with Gasteiger partial charge in [-0.15, -0.1) is 0 Å². The molecule has 0 amide bonds. The second-order valence-electron chi connectivity index (χ2n) is 6.31. The van der Waals surface area contributed by atoms with Gasteiger partial charge < -0.3 is 14.2 Å². The Balaban J connectivity index is 2.16. The molecule has 3 rings (SSSR count). The van der Waals surface area contributed by atoms with E-state index in [1.54, 1.807) is 0 Å². The minimum atomic E-state index is -1.06. The quantitative estimate of drug-likeness (QED) is 0.645. The van der Waals surface area contributed by atoms with Crippen LogP contribution in [0.1, 0.15) is 11.6 Å². The van der Waals surface area contributed by atoms with Gasteiger partial charge >= 0.3 is 17.9 Å². The Morgan fingerprint density at radius 2 is 1.37 bits per heavy atom. The maximum absolute atomic E-state index is 12.6. The minimum Gasteiger partial charge on any atom is -0.469 e. The van der Waals surface area contributed by atoms with Gasteiger partial charge in [-0.3, -0.25) is 19.7 Å². The molecule has 1 heterocycles. The van der Waals surface area contributed by atoms with E-state index in [0.29, 0.717) is 0 Å². The molecule has 142 valence electrons. The average Bonchev–Trinajstić information content (AvgIpc) is 3.11. The van der Waals surface area contributed by atoms with Gasteiger partial charge in [0, 0.05) is 6.04 Å². The normalized spacial score (nSPS) is 24.4. The molecule has 2 aromatic carbocycles. The van der Waals surface area contributed by atoms with Crippen LogP contribution < -0.4 is 5.32 Å². The summed E-state index contributed by atoms with van der Waals surface area (Å²) < 4.78 is 14.6. The van der Waals surface area contributed by atoms with E-state index in [1.807, 2.05) is 42.5 Å². The summed E-state index contributed by atoms with van der Waals surface area (Å²) in [6.07, 6.45) is 0. The number of ether oxygens (including phenoxy) is 3. The smallest absolute Gasteiger partial charge is 0.323 e. The Labute approximate surface area is 156 Å². The first kappa shape index (κ1) is 18.8. The molecule has 0 bridgehead atoms. The fourth-order valence-electron chi connectivity index (χ4n) is 3.80. The fourth-order valence-corrected chi connectivity index (χ4v) is 3.80. The van der Waals surface area contributed by atoms with E-state index in [4.69, 9.17) is 14.2 Å². The highest BCUT2D eigenvalue weighted by Gasteiger charge is 2.55. The highest BCUT2D eigenvalue weighted by atomic mass is 16.5. The number of fused-ring (bicyclic) bond motifs is 1. The lowest BCUT2D eigenvalue weighted by atomic mass is 9.83. The summed E-state index contributed by atoms with van der Waals surface area (Å²) in [5.41, 5.74) is 0.795. The Kier molecular flexibility index (Phi) is 5.41. The Bertz CT molecular complexity index is 874. The van der Waals surface area contributed by atoms with E-state index in [0.717, 1.165) is 16.3 Å². The summed E-state index contributed by atoms with van der Waals surface area (Å²) in [5, 5.41) is 5.00. The van der Waals surface area contributed by atoms with Gasteiger partial charge in [0.25, 0.3) is 0 Å². The molecule has 0 spiro atoms. The van der Waals surface area contributed by atoms with Crippen LogP contribution in [0.5, 0.6) is 0 Å². The molecule has 1 N–H and O–H groups in total. The molecule has 7 heteroatoms. The molecule has 0 radical (unpaired) electrons. The third kappa shape index (κ3) is 3.26. The average molecular weight is 371 g/mol. The van der Waals surface area contributed by atoms with Crippen molar-refractivity contribution in [2.75, 3.05) is 21.3 Å². The van der Waals surface area contributed by atoms with Gasteiger partial charge in [-0.2, -0.15) is 0 Å². The molecule has 7 nitrogen and oxygen atoms in total. The van der Waals surface area contributed by atoms with E-state index in [1.165, 1.54) is 21.3 Å². The topological polar surface area (TPSA) is 90.9 Å². The summed E-state index contributed by atoms with van der Waals surface area (Å²) in [5.74, 6) is -3.89. The monoisotopic (exact) mass is 371 g/mol. The molecular formula is C20H21NO6. The van der Waals surface area contributed by atoms with E-state index >= 15 is 0 Å². The second-order valence-corrected chi connectivity index (χ2v) is 6.31. The van der Waals surface area contributed by atoms with E-state index in [-0.39, 0.29) is 0 Å². The molecule has 2 aromatic rings. The highest BCUT2D eigenvalue weighted by Crippen LogP contribution is 2.41. The number of nitrogens with one attached hydrogen (secondary N) is 1. The van der Waals surface area contributed by atoms with Gasteiger partial charge in [-0.05, 0) is 16.3 Å². The van der Waals surface area contributed by atoms with Crippen LogP contribution >= 0.6 is 0 Å². The van der Waals surface area contributed by atoms with Gasteiger partial charge in [0.1, 0.15) is 6.04 Å². The molecule has 4 atom stereocenters. The Morgan fingerprint density at radius 1 is 0.778 bits per heavy atom. The van der Waals surface area contributed by atoms with Gasteiger partial charge in [-0.1, -0.05) is 42.5 Å². The molecule has 0 aliphatic carbocycles. The van der Waals surface area contributed by atoms with Crippen molar-refractivity contribution in [1.82, 2.24) is 5.32 Å². The Morgan fingerprint density at radius 3 is 2.04 bits per heavy atom. The lowest BCUT2D eigenvalue weighted by Crippen LogP contribution is -2.42. The predicted octanol–water partition coefficient (Wildman–Crippen LogP) is 1.60. The molecule has 27 heavy (non-hydrogen) atoms. The second kappa shape index (κ2) is 7.75. The van der Waals surface area contributed by atoms with E-state index < -0.39 is 41.8 Å². The SMILES string of the molecule is COC(=O)[C@@H]1[C@H](C(=O)OC)[C@H](C(=O)OC)N[C@@H]1c1cccc2ccccc12. The van der Waals surface area contributed by atoms with Crippen LogP contribution in [0.2, 0.25) is 0 Å². The van der Waals surface area contributed by atoms with Crippen molar-refractivity contribution in [2.24, 2.45) is 11.8 Å². The van der Waals surface area contributed by atoms with Crippen molar-refractivity contribution >= 4 is 28.7 Å². The zero-order chi connectivity index (χ0) is 19.6. The first-order valence-electron chi connectivity index (χ1n) is 8.50. The number of rotatable bonds is 4. The summed E-state index contributed by atoms with van der Waals surface area (Å²) in [4.78, 5) is 37.3. The van der Waals surface area contributed by atoms with Crippen LogP contribution in [-0.4, -0.2) is 45.3 Å². The van der Waals surface area contributed by atoms with Crippen LogP contribution in [0.4, 0.5) is 0 Å². The molecule has 0 saturated carbocycles. The van der Waals surface area contributed by atoms with Gasteiger partial charge in [0.2, 0.25) is 0 Å². The fraction of sp³-hybridized carbons (Fsp3) is 0.350. The Hall–Kier alpha value is -2.93. The maximum Gasteiger partial charge on any atom is 0.323 e. The van der Waals surface area contributed by atoms with Crippen molar-refractivity contribution in [3.63, 3.8) is 0 Å². The standard InChI is InChI=1S/C20H21NO6/c1-25-18(22)14-15(19(23)26-2)17(20(24)27-3)21-16(14)13-10-6-8-11-7-4-5-9-12(11)13/h4-10,14-17,21H,1-3H3/t14-,15+,16-,17-/m1/s1. The summed E-state index contributed by atoms with van der Waals surface area (Å²) in [6.45, 7) is 0. The highest BCUT2D eigenvalue weighted by molar-refractivity contribution is 5.93. The number of benzene rings is 2. The minimum absolute atomic E-state index is 0.595. The molecule has 1 saturated heterocycles. The molecule has 0 aromatic heterocycles. The lowest BCUT2D eigenvalue weighted by molar-refractivity contribution is -0.159. The van der Waals surface area contributed by atoms with Gasteiger partial charge in [0.05, 0.1) is 33.2 Å². The summed E-state index contributed by atoms with van der Waals surface area (Å²) in [6, 6.07) is 11.7. The van der Waals surface area contributed by atoms with Crippen LogP contribution in [0.25, 0.3) is 10.8 Å². The van der Waals surface area contributed by atoms with E-state index in [2.05, 4.69) is 5.32 Å². The van der Waals surface area contributed by atoms with Gasteiger partial charge in [-0.25, -0.2) is 0 Å².